The zero-order valence-electron chi connectivity index (χ0n) is 16.9. The average Bonchev–Trinajstić information content (AvgIpc) is 2.51. The average molecular weight is 385 g/mol. The van der Waals surface area contributed by atoms with Gasteiger partial charge in [0.2, 0.25) is 0 Å². The molecule has 1 rings (SSSR count). The van der Waals surface area contributed by atoms with Gasteiger partial charge in [0.25, 0.3) is 0 Å². The van der Waals surface area contributed by atoms with Gasteiger partial charge in [0.15, 0.2) is 0 Å². The van der Waals surface area contributed by atoms with Crippen LogP contribution >= 0.6 is 0 Å². The summed E-state index contributed by atoms with van der Waals surface area (Å²) in [5, 5.41) is 2.39. The lowest BCUT2D eigenvalue weighted by Crippen LogP contribution is -2.50. The van der Waals surface area contributed by atoms with E-state index in [-0.39, 0.29) is 23.4 Å². The van der Waals surface area contributed by atoms with Crippen molar-refractivity contribution in [1.29, 1.82) is 0 Å². The van der Waals surface area contributed by atoms with Gasteiger partial charge in [-0.1, -0.05) is 19.1 Å². The largest absolute Gasteiger partial charge is 0.382 e. The molecule has 0 saturated carbocycles. The Bertz CT molecular complexity index is 691. The van der Waals surface area contributed by atoms with Crippen LogP contribution in [0.5, 0.6) is 5.75 Å². The maximum absolute atomic E-state index is 12.6. The quantitative estimate of drug-likeness (QED) is 0.723. The Morgan fingerprint density at radius 1 is 1.15 bits per heavy atom. The van der Waals surface area contributed by atoms with Crippen molar-refractivity contribution in [2.75, 3.05) is 0 Å². The minimum Gasteiger partial charge on any atom is -0.382 e. The van der Waals surface area contributed by atoms with Crippen molar-refractivity contribution < 1.29 is 17.4 Å². The number of carbonyl (C=O) groups excluding carboxylic acids is 1. The molecule has 0 fully saturated rings. The number of urea groups is 1. The molecule has 0 aliphatic carbocycles. The van der Waals surface area contributed by atoms with Crippen molar-refractivity contribution in [3.05, 3.63) is 29.8 Å². The second kappa shape index (κ2) is 8.75. The number of benzene rings is 1. The molecule has 1 atom stereocenters. The second-order valence-corrected chi connectivity index (χ2v) is 9.93. The van der Waals surface area contributed by atoms with Gasteiger partial charge in [-0.2, -0.15) is 8.42 Å². The number of carbonyl (C=O) groups is 1. The van der Waals surface area contributed by atoms with Gasteiger partial charge >= 0.3 is 16.1 Å². The summed E-state index contributed by atoms with van der Waals surface area (Å²) in [5.41, 5.74) is 0.592. The summed E-state index contributed by atoms with van der Waals surface area (Å²) >= 11 is 0. The van der Waals surface area contributed by atoms with Crippen LogP contribution in [-0.4, -0.2) is 36.2 Å². The van der Waals surface area contributed by atoms with E-state index >= 15 is 0 Å². The Balaban J connectivity index is 2.91. The van der Waals surface area contributed by atoms with Crippen molar-refractivity contribution in [2.45, 2.75) is 78.3 Å². The number of rotatable bonds is 7. The number of hydrogen-bond donors (Lipinski definition) is 1. The molecule has 0 aromatic heterocycles. The van der Waals surface area contributed by atoms with Crippen molar-refractivity contribution in [2.24, 2.45) is 0 Å². The van der Waals surface area contributed by atoms with Crippen molar-refractivity contribution >= 4 is 16.1 Å². The maximum Gasteiger partial charge on any atom is 0.318 e. The van der Waals surface area contributed by atoms with E-state index in [2.05, 4.69) is 5.32 Å². The Kier molecular flexibility index (Phi) is 7.50. The van der Waals surface area contributed by atoms with E-state index in [1.807, 2.05) is 34.6 Å². The van der Waals surface area contributed by atoms with Crippen molar-refractivity contribution in [3.8, 4) is 5.75 Å². The fourth-order valence-electron chi connectivity index (χ4n) is 2.12. The van der Waals surface area contributed by atoms with Crippen LogP contribution in [-0.2, 0) is 16.7 Å². The monoisotopic (exact) mass is 384 g/mol. The van der Waals surface area contributed by atoms with E-state index in [0.717, 1.165) is 12.0 Å². The van der Waals surface area contributed by atoms with Gasteiger partial charge < -0.3 is 14.4 Å². The lowest BCUT2D eigenvalue weighted by molar-refractivity contribution is 0.165. The Labute approximate surface area is 158 Å². The number of nitrogens with one attached hydrogen (secondary N) is 1. The van der Waals surface area contributed by atoms with Gasteiger partial charge in [-0.3, -0.25) is 0 Å². The summed E-state index contributed by atoms with van der Waals surface area (Å²) in [5.74, 6) is 0.275. The molecule has 2 amide bonds. The summed E-state index contributed by atoms with van der Waals surface area (Å²) in [6, 6.07) is 6.76. The van der Waals surface area contributed by atoms with Crippen LogP contribution in [0.15, 0.2) is 24.3 Å². The van der Waals surface area contributed by atoms with E-state index < -0.39 is 15.4 Å². The van der Waals surface area contributed by atoms with Crippen LogP contribution < -0.4 is 9.50 Å². The zero-order chi connectivity index (χ0) is 20.1. The highest BCUT2D eigenvalue weighted by molar-refractivity contribution is 7.87. The highest BCUT2D eigenvalue weighted by atomic mass is 32.2. The molecule has 0 spiro atoms. The lowest BCUT2D eigenvalue weighted by atomic mass is 10.1. The van der Waals surface area contributed by atoms with Crippen LogP contribution in [0.2, 0.25) is 0 Å². The molecule has 1 aromatic rings. The number of nitrogens with zero attached hydrogens (tertiary/aromatic N) is 1. The standard InChI is InChI=1S/C19H32N2O4S/c1-8-15(4)21(18(22)20-19(5,6)7)13-16-9-11-17(12-10-16)25-26(23,24)14(2)3/h9-12,14-15H,8,13H2,1-7H3,(H,20,22). The van der Waals surface area contributed by atoms with Crippen LogP contribution in [0.4, 0.5) is 4.79 Å². The third kappa shape index (κ3) is 6.86. The maximum atomic E-state index is 12.6. The van der Waals surface area contributed by atoms with E-state index in [9.17, 15) is 13.2 Å². The molecule has 0 aliphatic rings. The number of hydrogen-bond acceptors (Lipinski definition) is 4. The molecular weight excluding hydrogens is 352 g/mol. The molecule has 148 valence electrons. The number of amides is 2. The fraction of sp³-hybridized carbons (Fsp3) is 0.632. The van der Waals surface area contributed by atoms with E-state index in [0.29, 0.717) is 6.54 Å². The second-order valence-electron chi connectivity index (χ2n) is 7.83. The first kappa shape index (κ1) is 22.3. The molecule has 1 aromatic carbocycles. The van der Waals surface area contributed by atoms with E-state index in [4.69, 9.17) is 4.18 Å². The molecule has 0 radical (unpaired) electrons. The molecule has 1 unspecified atom stereocenters. The first-order valence-electron chi connectivity index (χ1n) is 8.96. The summed E-state index contributed by atoms with van der Waals surface area (Å²) in [4.78, 5) is 14.4. The van der Waals surface area contributed by atoms with Crippen molar-refractivity contribution in [1.82, 2.24) is 10.2 Å². The normalized spacial score (nSPS) is 13.4. The van der Waals surface area contributed by atoms with Gasteiger partial charge in [0, 0.05) is 18.1 Å². The predicted octanol–water partition coefficient (Wildman–Crippen LogP) is 3.91. The van der Waals surface area contributed by atoms with Crippen LogP contribution in [0.1, 0.15) is 60.5 Å². The van der Waals surface area contributed by atoms with E-state index in [1.54, 1.807) is 43.0 Å². The van der Waals surface area contributed by atoms with Gasteiger partial charge in [-0.15, -0.1) is 0 Å². The van der Waals surface area contributed by atoms with Gasteiger partial charge in [0.05, 0.1) is 5.25 Å². The first-order chi connectivity index (χ1) is 11.9. The molecule has 7 heteroatoms. The van der Waals surface area contributed by atoms with E-state index in [1.165, 1.54) is 0 Å². The summed E-state index contributed by atoms with van der Waals surface area (Å²) in [7, 11) is -3.61. The van der Waals surface area contributed by atoms with Crippen LogP contribution in [0, 0.1) is 0 Å². The molecule has 0 aliphatic heterocycles. The Morgan fingerprint density at radius 3 is 2.12 bits per heavy atom. The third-order valence-corrected chi connectivity index (χ3v) is 5.51. The van der Waals surface area contributed by atoms with Crippen LogP contribution in [0.25, 0.3) is 0 Å². The molecule has 0 bridgehead atoms. The van der Waals surface area contributed by atoms with Crippen molar-refractivity contribution in [3.63, 3.8) is 0 Å². The SMILES string of the molecule is CCC(C)N(Cc1ccc(OS(=O)(=O)C(C)C)cc1)C(=O)NC(C)(C)C. The molecular formula is C19H32N2O4S. The summed E-state index contributed by atoms with van der Waals surface area (Å²) in [6.07, 6.45) is 0.839. The third-order valence-electron chi connectivity index (χ3n) is 3.93. The minimum absolute atomic E-state index is 0.0783. The van der Waals surface area contributed by atoms with Crippen LogP contribution in [0.3, 0.4) is 0 Å². The Morgan fingerprint density at radius 2 is 1.69 bits per heavy atom. The predicted molar refractivity (Wildman–Crippen MR) is 105 cm³/mol. The highest BCUT2D eigenvalue weighted by Crippen LogP contribution is 2.19. The highest BCUT2D eigenvalue weighted by Gasteiger charge is 2.23. The zero-order valence-corrected chi connectivity index (χ0v) is 17.7. The lowest BCUT2D eigenvalue weighted by Gasteiger charge is -2.32. The molecule has 0 heterocycles. The molecule has 6 nitrogen and oxygen atoms in total. The topological polar surface area (TPSA) is 75.7 Å². The van der Waals surface area contributed by atoms with Gasteiger partial charge in [-0.05, 0) is 65.7 Å². The first-order valence-corrected chi connectivity index (χ1v) is 10.4. The van der Waals surface area contributed by atoms with Gasteiger partial charge in [0.1, 0.15) is 5.75 Å². The molecule has 0 saturated heterocycles. The molecule has 26 heavy (non-hydrogen) atoms. The summed E-state index contributed by atoms with van der Waals surface area (Å²) < 4.78 is 28.7. The molecule has 1 N–H and O–H groups in total. The fourth-order valence-corrected chi connectivity index (χ4v) is 2.69. The summed E-state index contributed by atoms with van der Waals surface area (Å²) in [6.45, 7) is 13.5. The van der Waals surface area contributed by atoms with Gasteiger partial charge in [-0.25, -0.2) is 4.79 Å². The Hall–Kier alpha value is -1.76. The smallest absolute Gasteiger partial charge is 0.318 e. The minimum atomic E-state index is -3.61.